The quantitative estimate of drug-likeness (QED) is 0.0557. The molecule has 2 unspecified atom stereocenters. The molecule has 1 saturated heterocycles. The lowest BCUT2D eigenvalue weighted by Crippen LogP contribution is -2.39. The molecule has 0 spiro atoms. The highest BCUT2D eigenvalue weighted by molar-refractivity contribution is 6.11. The van der Waals surface area contributed by atoms with Gasteiger partial charge in [0.1, 0.15) is 29.9 Å². The maximum absolute atomic E-state index is 14.1. The van der Waals surface area contributed by atoms with Crippen LogP contribution in [-0.4, -0.2) is 111 Å². The predicted octanol–water partition coefficient (Wildman–Crippen LogP) is 4.21. The van der Waals surface area contributed by atoms with Crippen LogP contribution in [0.4, 0.5) is 10.5 Å². The molecule has 0 radical (unpaired) electrons. The number of ether oxygens (including phenoxy) is 5. The summed E-state index contributed by atoms with van der Waals surface area (Å²) in [6.07, 6.45) is 1.37. The molecule has 1 aliphatic carbocycles. The number of alkyl carbamates (subject to hydrolysis) is 1. The zero-order valence-electron chi connectivity index (χ0n) is 33.6. The summed E-state index contributed by atoms with van der Waals surface area (Å²) in [4.78, 5) is 72.5. The third-order valence-corrected chi connectivity index (χ3v) is 9.64. The summed E-state index contributed by atoms with van der Waals surface area (Å²) >= 11 is 0. The number of hydrogen-bond donors (Lipinski definition) is 5. The van der Waals surface area contributed by atoms with Crippen LogP contribution in [-0.2, 0) is 23.7 Å². The number of nitrogens with zero attached hydrogens (tertiary/aromatic N) is 2. The number of aromatic nitrogens is 1. The zero-order valence-corrected chi connectivity index (χ0v) is 33.6. The lowest BCUT2D eigenvalue weighted by Gasteiger charge is -2.26. The highest BCUT2D eigenvalue weighted by Gasteiger charge is 2.29. The van der Waals surface area contributed by atoms with Crippen LogP contribution in [0.1, 0.15) is 76.1 Å². The average Bonchev–Trinajstić information content (AvgIpc) is 4.07. The Labute approximate surface area is 342 Å². The van der Waals surface area contributed by atoms with E-state index in [-0.39, 0.29) is 46.4 Å². The smallest absolute Gasteiger partial charge is 0.412 e. The summed E-state index contributed by atoms with van der Waals surface area (Å²) in [6.45, 7) is 12.6. The van der Waals surface area contributed by atoms with Gasteiger partial charge in [0.15, 0.2) is 5.69 Å². The minimum Gasteiger partial charge on any atom is -0.496 e. The first kappa shape index (κ1) is 43.9. The summed E-state index contributed by atoms with van der Waals surface area (Å²) in [6, 6.07) is 11.2. The number of esters is 2. The van der Waals surface area contributed by atoms with Gasteiger partial charge in [0.25, 0.3) is 11.8 Å². The van der Waals surface area contributed by atoms with Crippen molar-refractivity contribution in [1.82, 2.24) is 20.5 Å². The van der Waals surface area contributed by atoms with Crippen molar-refractivity contribution in [2.24, 2.45) is 17.6 Å². The monoisotopic (exact) mass is 813 g/mol. The van der Waals surface area contributed by atoms with Gasteiger partial charge < -0.3 is 40.1 Å². The number of carbonyl (C=O) groups excluding carboxylic acids is 5. The number of carbonyl (C=O) groups is 5. The van der Waals surface area contributed by atoms with E-state index in [2.05, 4.69) is 32.4 Å². The van der Waals surface area contributed by atoms with Crippen LogP contribution in [0.5, 0.6) is 5.75 Å². The molecule has 1 aliphatic heterocycles. The lowest BCUT2D eigenvalue weighted by atomic mass is 9.94. The summed E-state index contributed by atoms with van der Waals surface area (Å²) in [5.41, 5.74) is 7.04. The number of anilines is 1. The molecule has 1 aromatic heterocycles. The molecule has 2 heterocycles. The van der Waals surface area contributed by atoms with Crippen molar-refractivity contribution in [1.29, 1.82) is 5.41 Å². The SMILES string of the molecule is C=Cc1cc(C(=O)Nc2ccc(C(=N)NC(=O)OCCN3CCOCC3)cc2)c(-c2ccc(C(=O)NCC3CC3)nc2C(=O)OC(C)OC(=O)C(N)C(C)C)cc1OC. The van der Waals surface area contributed by atoms with Gasteiger partial charge in [-0.3, -0.25) is 30.0 Å². The number of nitrogens with one attached hydrogen (secondary N) is 4. The van der Waals surface area contributed by atoms with E-state index < -0.39 is 42.2 Å². The molecule has 3 amide bonds. The summed E-state index contributed by atoms with van der Waals surface area (Å²) in [7, 11) is 1.43. The van der Waals surface area contributed by atoms with Crippen LogP contribution in [0.3, 0.4) is 0 Å². The molecule has 2 aliphatic rings. The Morgan fingerprint density at radius 2 is 1.71 bits per heavy atom. The van der Waals surface area contributed by atoms with E-state index in [0.717, 1.165) is 25.9 Å². The van der Waals surface area contributed by atoms with Gasteiger partial charge in [-0.05, 0) is 73.2 Å². The Kier molecular flexibility index (Phi) is 15.3. The highest BCUT2D eigenvalue weighted by Crippen LogP contribution is 2.35. The van der Waals surface area contributed by atoms with E-state index in [1.54, 1.807) is 38.1 Å². The molecule has 5 rings (SSSR count). The number of methoxy groups -OCH3 is 1. The standard InChI is InChI=1S/C42H51N7O10/c1-6-27-21-32(38(50)46-29-11-9-28(10-12-29)37(44)48-42(54)57-20-17-49-15-18-56-19-16-49)31(22-34(27)55-5)30-13-14-33(39(51)45-23-26-7-8-26)47-36(30)41(53)59-25(4)58-40(52)35(43)24(2)3/h6,9-14,21-22,24-26,35H,1,7-8,15-20,23,43H2,2-5H3,(H,45,51)(H,46,50)(H2,44,48,54). The summed E-state index contributed by atoms with van der Waals surface area (Å²) in [5.74, 6) is -2.67. The van der Waals surface area contributed by atoms with Crippen molar-refractivity contribution in [3.8, 4) is 16.9 Å². The molecule has 2 aromatic carbocycles. The van der Waals surface area contributed by atoms with Crippen LogP contribution in [0.25, 0.3) is 17.2 Å². The second-order valence-electron chi connectivity index (χ2n) is 14.4. The van der Waals surface area contributed by atoms with Gasteiger partial charge in [-0.15, -0.1) is 0 Å². The van der Waals surface area contributed by atoms with Crippen molar-refractivity contribution >= 4 is 47.4 Å². The first-order valence-electron chi connectivity index (χ1n) is 19.3. The van der Waals surface area contributed by atoms with Crippen LogP contribution >= 0.6 is 0 Å². The first-order valence-corrected chi connectivity index (χ1v) is 19.3. The second kappa shape index (κ2) is 20.5. The molecule has 314 valence electrons. The van der Waals surface area contributed by atoms with E-state index in [4.69, 9.17) is 34.8 Å². The third-order valence-electron chi connectivity index (χ3n) is 9.64. The molecule has 1 saturated carbocycles. The van der Waals surface area contributed by atoms with E-state index in [0.29, 0.717) is 54.8 Å². The van der Waals surface area contributed by atoms with Gasteiger partial charge in [0, 0.05) is 66.6 Å². The van der Waals surface area contributed by atoms with Crippen molar-refractivity contribution in [3.05, 3.63) is 83.2 Å². The number of nitrogens with two attached hydrogens (primary N) is 1. The topological polar surface area (TPSA) is 234 Å². The van der Waals surface area contributed by atoms with E-state index in [9.17, 15) is 24.0 Å². The lowest BCUT2D eigenvalue weighted by molar-refractivity contribution is -0.168. The van der Waals surface area contributed by atoms with Crippen molar-refractivity contribution in [2.45, 2.75) is 45.9 Å². The Balaban J connectivity index is 1.38. The first-order chi connectivity index (χ1) is 28.3. The molecular weight excluding hydrogens is 763 g/mol. The normalized spacial score (nSPS) is 14.9. The number of amidine groups is 1. The second-order valence-corrected chi connectivity index (χ2v) is 14.4. The summed E-state index contributed by atoms with van der Waals surface area (Å²) in [5, 5.41) is 16.4. The fourth-order valence-electron chi connectivity index (χ4n) is 5.92. The predicted molar refractivity (Wildman–Crippen MR) is 218 cm³/mol. The number of benzene rings is 2. The molecular formula is C42H51N7O10. The Hall–Kier alpha value is -6.17. The number of hydrogen-bond acceptors (Lipinski definition) is 14. The molecule has 17 heteroatoms. The zero-order chi connectivity index (χ0) is 42.6. The molecule has 17 nitrogen and oxygen atoms in total. The van der Waals surface area contributed by atoms with Gasteiger partial charge >= 0.3 is 18.0 Å². The number of amides is 3. The molecule has 3 aromatic rings. The van der Waals surface area contributed by atoms with Gasteiger partial charge in [0.05, 0.1) is 20.3 Å². The van der Waals surface area contributed by atoms with Gasteiger partial charge in [0.2, 0.25) is 6.29 Å². The number of pyridine rings is 1. The van der Waals surface area contributed by atoms with Gasteiger partial charge in [-0.2, -0.15) is 0 Å². The molecule has 6 N–H and O–H groups in total. The van der Waals surface area contributed by atoms with Crippen LogP contribution in [0.15, 0.2) is 55.1 Å². The van der Waals surface area contributed by atoms with E-state index in [1.807, 2.05) is 0 Å². The van der Waals surface area contributed by atoms with Crippen molar-refractivity contribution in [3.63, 3.8) is 0 Å². The minimum atomic E-state index is -1.38. The summed E-state index contributed by atoms with van der Waals surface area (Å²) < 4.78 is 26.9. The van der Waals surface area contributed by atoms with E-state index >= 15 is 0 Å². The van der Waals surface area contributed by atoms with Crippen LogP contribution in [0, 0.1) is 17.2 Å². The highest BCUT2D eigenvalue weighted by atomic mass is 16.7. The molecule has 2 atom stereocenters. The van der Waals surface area contributed by atoms with Gasteiger partial charge in [-0.25, -0.2) is 14.6 Å². The third kappa shape index (κ3) is 12.2. The average molecular weight is 814 g/mol. The number of rotatable bonds is 17. The Morgan fingerprint density at radius 3 is 2.36 bits per heavy atom. The Bertz CT molecular complexity index is 2050. The Morgan fingerprint density at radius 1 is 1.00 bits per heavy atom. The fraction of sp³-hybridized carbons (Fsp3) is 0.405. The fourth-order valence-corrected chi connectivity index (χ4v) is 5.92. The minimum absolute atomic E-state index is 0.0724. The largest absolute Gasteiger partial charge is 0.496 e. The van der Waals surface area contributed by atoms with Gasteiger partial charge in [-0.1, -0.05) is 26.5 Å². The van der Waals surface area contributed by atoms with Crippen molar-refractivity contribution < 1.29 is 47.7 Å². The molecule has 0 bridgehead atoms. The van der Waals surface area contributed by atoms with E-state index in [1.165, 1.54) is 44.4 Å². The number of morpholine rings is 1. The maximum Gasteiger partial charge on any atom is 0.412 e. The van der Waals surface area contributed by atoms with Crippen LogP contribution < -0.4 is 26.4 Å². The maximum atomic E-state index is 14.1. The molecule has 59 heavy (non-hydrogen) atoms. The van der Waals surface area contributed by atoms with Crippen LogP contribution in [0.2, 0.25) is 0 Å². The van der Waals surface area contributed by atoms with Crippen molar-refractivity contribution in [2.75, 3.05) is 58.4 Å². The molecule has 2 fully saturated rings.